The number of nitrogens with zero attached hydrogens (tertiary/aromatic N) is 1. The molecule has 0 unspecified atom stereocenters. The quantitative estimate of drug-likeness (QED) is 0.473. The van der Waals surface area contributed by atoms with Gasteiger partial charge in [-0.05, 0) is 57.2 Å². The molecule has 0 amide bonds. The van der Waals surface area contributed by atoms with Crippen molar-refractivity contribution >= 4 is 54.2 Å². The molecule has 0 saturated heterocycles. The van der Waals surface area contributed by atoms with E-state index >= 15 is 0 Å². The molecule has 0 bridgehead atoms. The minimum Gasteiger partial charge on any atom is -0.456 e. The molecule has 0 aliphatic rings. The third-order valence-electron chi connectivity index (χ3n) is 4.27. The molecule has 0 radical (unpaired) electrons. The zero-order valence-corrected chi connectivity index (χ0v) is 20.8. The number of carbonyl (C=O) groups excluding carboxylic acids is 1. The lowest BCUT2D eigenvalue weighted by Gasteiger charge is -2.21. The number of ether oxygens (including phenoxy) is 1. The Morgan fingerprint density at radius 3 is 2.29 bits per heavy atom. The molecule has 0 saturated carbocycles. The summed E-state index contributed by atoms with van der Waals surface area (Å²) in [5, 5.41) is 0.102. The molecule has 0 spiro atoms. The van der Waals surface area contributed by atoms with Crippen molar-refractivity contribution in [2.45, 2.75) is 31.3 Å². The van der Waals surface area contributed by atoms with Crippen LogP contribution in [0.2, 0.25) is 5.02 Å². The first-order valence-electron chi connectivity index (χ1n) is 9.55. The summed E-state index contributed by atoms with van der Waals surface area (Å²) in [6, 6.07) is 6.71. The summed E-state index contributed by atoms with van der Waals surface area (Å²) in [6.45, 7) is 4.79. The second-order valence-electron chi connectivity index (χ2n) is 8.28. The lowest BCUT2D eigenvalue weighted by atomic mass is 10.1. The van der Waals surface area contributed by atoms with E-state index in [4.69, 9.17) is 16.3 Å². The normalized spacial score (nSPS) is 12.5. The SMILES string of the molecule is CC(C)(C)OC(=O)c1ccc(S(=O)(=O)n2c(=O)[nH]c3cc(Cl)ccc3c2=O)cc1NS(C)(=O)=O. The van der Waals surface area contributed by atoms with Gasteiger partial charge in [0, 0.05) is 5.02 Å². The van der Waals surface area contributed by atoms with Gasteiger partial charge in [-0.1, -0.05) is 11.6 Å². The fraction of sp³-hybridized carbons (Fsp3) is 0.250. The van der Waals surface area contributed by atoms with E-state index in [-0.39, 0.29) is 25.5 Å². The van der Waals surface area contributed by atoms with E-state index in [0.717, 1.165) is 24.5 Å². The van der Waals surface area contributed by atoms with Gasteiger partial charge in [0.05, 0.1) is 33.3 Å². The molecule has 0 aliphatic heterocycles. The first kappa shape index (κ1) is 25.5. The second-order valence-corrected chi connectivity index (χ2v) is 12.2. The number of aromatic amines is 1. The molecule has 3 rings (SSSR count). The molecule has 14 heteroatoms. The molecular weight excluding hydrogens is 510 g/mol. The van der Waals surface area contributed by atoms with Crippen molar-refractivity contribution in [1.82, 2.24) is 8.96 Å². The molecular formula is C20H20ClN3O8S2. The number of nitrogens with one attached hydrogen (secondary N) is 2. The van der Waals surface area contributed by atoms with Crippen molar-refractivity contribution in [1.29, 1.82) is 0 Å². The van der Waals surface area contributed by atoms with E-state index in [0.29, 0.717) is 0 Å². The Morgan fingerprint density at radius 2 is 1.71 bits per heavy atom. The van der Waals surface area contributed by atoms with E-state index in [1.54, 1.807) is 20.8 Å². The maximum atomic E-state index is 13.2. The molecule has 0 aliphatic carbocycles. The van der Waals surface area contributed by atoms with E-state index in [1.807, 2.05) is 0 Å². The predicted molar refractivity (Wildman–Crippen MR) is 126 cm³/mol. The number of esters is 1. The number of hydrogen-bond acceptors (Lipinski definition) is 8. The molecule has 0 atom stereocenters. The fourth-order valence-corrected chi connectivity index (χ4v) is 5.02. The van der Waals surface area contributed by atoms with E-state index < -0.39 is 53.4 Å². The number of fused-ring (bicyclic) bond motifs is 1. The van der Waals surface area contributed by atoms with Crippen LogP contribution in [0.25, 0.3) is 10.9 Å². The van der Waals surface area contributed by atoms with Gasteiger partial charge in [-0.15, -0.1) is 3.97 Å². The number of benzene rings is 2. The summed E-state index contributed by atoms with van der Waals surface area (Å²) in [6.07, 6.45) is 0.802. The Labute approximate surface area is 199 Å². The van der Waals surface area contributed by atoms with Gasteiger partial charge in [-0.3, -0.25) is 9.52 Å². The smallest absolute Gasteiger partial charge is 0.343 e. The first-order valence-corrected chi connectivity index (χ1v) is 13.3. The summed E-state index contributed by atoms with van der Waals surface area (Å²) in [5.74, 6) is -0.916. The zero-order chi connectivity index (χ0) is 25.6. The van der Waals surface area contributed by atoms with E-state index in [2.05, 4.69) is 9.71 Å². The van der Waals surface area contributed by atoms with Crippen LogP contribution in [0.1, 0.15) is 31.1 Å². The van der Waals surface area contributed by atoms with Gasteiger partial charge >= 0.3 is 11.7 Å². The van der Waals surface area contributed by atoms with Crippen molar-refractivity contribution < 1.29 is 26.4 Å². The zero-order valence-electron chi connectivity index (χ0n) is 18.4. The maximum Gasteiger partial charge on any atom is 0.343 e. The minimum absolute atomic E-state index is 0.00987. The number of halogens is 1. The summed E-state index contributed by atoms with van der Waals surface area (Å²) >= 11 is 5.86. The fourth-order valence-electron chi connectivity index (χ4n) is 2.98. The molecule has 3 aromatic rings. The topological polar surface area (TPSA) is 161 Å². The molecule has 182 valence electrons. The first-order chi connectivity index (χ1) is 15.5. The highest BCUT2D eigenvalue weighted by Gasteiger charge is 2.27. The summed E-state index contributed by atoms with van der Waals surface area (Å²) in [4.78, 5) is 39.6. The summed E-state index contributed by atoms with van der Waals surface area (Å²) < 4.78 is 57.5. The number of H-pyrrole nitrogens is 1. The average molecular weight is 530 g/mol. The number of aromatic nitrogens is 2. The molecule has 11 nitrogen and oxygen atoms in total. The highest BCUT2D eigenvalue weighted by atomic mass is 35.5. The van der Waals surface area contributed by atoms with E-state index in [9.17, 15) is 31.2 Å². The maximum absolute atomic E-state index is 13.2. The summed E-state index contributed by atoms with van der Waals surface area (Å²) in [5.41, 5.74) is -3.95. The van der Waals surface area contributed by atoms with Gasteiger partial charge in [0.1, 0.15) is 5.60 Å². The van der Waals surface area contributed by atoms with Crippen molar-refractivity contribution in [2.75, 3.05) is 11.0 Å². The van der Waals surface area contributed by atoms with Crippen molar-refractivity contribution in [3.05, 3.63) is 67.8 Å². The molecule has 2 aromatic carbocycles. The number of carbonyl (C=O) groups is 1. The van der Waals surface area contributed by atoms with Gasteiger partial charge < -0.3 is 9.72 Å². The van der Waals surface area contributed by atoms with Gasteiger partial charge in [0.2, 0.25) is 10.0 Å². The van der Waals surface area contributed by atoms with Crippen molar-refractivity contribution in [2.24, 2.45) is 0 Å². The van der Waals surface area contributed by atoms with Crippen LogP contribution in [0.4, 0.5) is 5.69 Å². The number of hydrogen-bond donors (Lipinski definition) is 2. The molecule has 1 aromatic heterocycles. The van der Waals surface area contributed by atoms with E-state index in [1.165, 1.54) is 18.2 Å². The monoisotopic (exact) mass is 529 g/mol. The van der Waals surface area contributed by atoms with Crippen LogP contribution in [0.5, 0.6) is 0 Å². The van der Waals surface area contributed by atoms with Crippen LogP contribution in [0, 0.1) is 0 Å². The molecule has 34 heavy (non-hydrogen) atoms. The lowest BCUT2D eigenvalue weighted by molar-refractivity contribution is 0.00706. The van der Waals surface area contributed by atoms with Crippen LogP contribution in [0.15, 0.2) is 50.9 Å². The van der Waals surface area contributed by atoms with Gasteiger partial charge in [0.25, 0.3) is 15.6 Å². The van der Waals surface area contributed by atoms with Crippen LogP contribution in [-0.4, -0.2) is 43.6 Å². The summed E-state index contributed by atoms with van der Waals surface area (Å²) in [7, 11) is -8.77. The molecule has 1 heterocycles. The number of sulfonamides is 1. The minimum atomic E-state index is -4.82. The Balaban J connectivity index is 2.24. The van der Waals surface area contributed by atoms with Crippen molar-refractivity contribution in [3.63, 3.8) is 0 Å². The largest absolute Gasteiger partial charge is 0.456 e. The Kier molecular flexibility index (Phi) is 6.41. The third-order valence-corrected chi connectivity index (χ3v) is 6.75. The molecule has 2 N–H and O–H groups in total. The van der Waals surface area contributed by atoms with Crippen LogP contribution < -0.4 is 16.0 Å². The third kappa shape index (κ3) is 5.32. The van der Waals surface area contributed by atoms with Crippen LogP contribution >= 0.6 is 11.6 Å². The van der Waals surface area contributed by atoms with Crippen LogP contribution in [0.3, 0.4) is 0 Å². The molecule has 0 fully saturated rings. The highest BCUT2D eigenvalue weighted by Crippen LogP contribution is 2.25. The van der Waals surface area contributed by atoms with Gasteiger partial charge in [-0.2, -0.15) is 0 Å². The van der Waals surface area contributed by atoms with Gasteiger partial charge in [0.15, 0.2) is 0 Å². The number of rotatable bonds is 5. The standard InChI is InChI=1S/C20H20ClN3O8S2/c1-20(2,3)32-18(26)14-8-6-12(10-16(14)23-33(4,28)29)34(30,31)24-17(25)13-7-5-11(21)9-15(13)22-19(24)27/h5-10,23H,1-4H3,(H,22,27). The predicted octanol–water partition coefficient (Wildman–Crippen LogP) is 1.91. The Hall–Kier alpha value is -3.16. The van der Waals surface area contributed by atoms with Crippen LogP contribution in [-0.2, 0) is 24.8 Å². The van der Waals surface area contributed by atoms with Gasteiger partial charge in [-0.25, -0.2) is 26.4 Å². The lowest BCUT2D eigenvalue weighted by Crippen LogP contribution is -2.40. The second kappa shape index (κ2) is 8.56. The Morgan fingerprint density at radius 1 is 1.06 bits per heavy atom. The Bertz CT molecular complexity index is 1650. The average Bonchev–Trinajstić information content (AvgIpc) is 2.64. The number of anilines is 1. The van der Waals surface area contributed by atoms with Crippen molar-refractivity contribution in [3.8, 4) is 0 Å². The highest BCUT2D eigenvalue weighted by molar-refractivity contribution is 7.92.